The number of benzene rings is 6. The monoisotopic (exact) mass is 1480 g/mol. The van der Waals surface area contributed by atoms with Crippen LogP contribution < -0.4 is 0 Å². The average molecular weight is 1480 g/mol. The van der Waals surface area contributed by atoms with Crippen molar-refractivity contribution in [3.05, 3.63) is 209 Å². The zero-order chi connectivity index (χ0) is 77.8. The second kappa shape index (κ2) is 59.8. The molecule has 0 unspecified atom stereocenters. The maximum atomic E-state index is 6.41. The molecule has 0 spiro atoms. The third kappa shape index (κ3) is 41.9. The summed E-state index contributed by atoms with van der Waals surface area (Å²) in [4.78, 5) is 0. The van der Waals surface area contributed by atoms with E-state index in [1.807, 2.05) is 24.3 Å². The van der Waals surface area contributed by atoms with Crippen LogP contribution in [0.3, 0.4) is 0 Å². The Morgan fingerprint density at radius 2 is 0.300 bits per heavy atom. The summed E-state index contributed by atoms with van der Waals surface area (Å²) in [5, 5.41) is 0. The molecule has 6 nitrogen and oxygen atoms in total. The lowest BCUT2D eigenvalue weighted by Gasteiger charge is -2.08. The number of ether oxygens (including phenoxy) is 6. The summed E-state index contributed by atoms with van der Waals surface area (Å²) < 4.78 is 37.8. The van der Waals surface area contributed by atoms with Gasteiger partial charge in [0.15, 0.2) is 0 Å². The van der Waals surface area contributed by atoms with E-state index in [0.717, 1.165) is 165 Å². The van der Waals surface area contributed by atoms with Crippen LogP contribution in [0, 0.1) is 83.9 Å². The number of terminal acetylenes is 2. The molecule has 6 rings (SSSR count). The normalized spacial score (nSPS) is 10.8. The van der Waals surface area contributed by atoms with E-state index in [1.165, 1.54) is 180 Å². The molecule has 0 saturated carbocycles. The van der Waals surface area contributed by atoms with Crippen molar-refractivity contribution in [3.63, 3.8) is 0 Å². The van der Waals surface area contributed by atoms with Crippen molar-refractivity contribution in [3.8, 4) is 83.9 Å². The van der Waals surface area contributed by atoms with Crippen molar-refractivity contribution in [2.75, 3.05) is 39.6 Å². The Hall–Kier alpha value is -8.00. The molecule has 0 fully saturated rings. The van der Waals surface area contributed by atoms with Gasteiger partial charge in [0.1, 0.15) is 0 Å². The fourth-order valence-electron chi connectivity index (χ4n) is 13.3. The summed E-state index contributed by atoms with van der Waals surface area (Å²) in [6.45, 7) is 20.7. The van der Waals surface area contributed by atoms with Crippen molar-refractivity contribution in [2.45, 2.75) is 312 Å². The average Bonchev–Trinajstić information content (AvgIpc) is 0.858. The molecule has 0 atom stereocenters. The first-order valence-corrected chi connectivity index (χ1v) is 43.0. The molecule has 0 aliphatic heterocycles. The molecule has 0 bridgehead atoms. The molecule has 6 aromatic carbocycles. The number of rotatable bonds is 54. The van der Waals surface area contributed by atoms with Gasteiger partial charge in [0.2, 0.25) is 0 Å². The molecule has 0 radical (unpaired) electrons. The lowest BCUT2D eigenvalue weighted by Crippen LogP contribution is -1.98. The van der Waals surface area contributed by atoms with Crippen LogP contribution in [0.2, 0.25) is 0 Å². The van der Waals surface area contributed by atoms with Crippen LogP contribution in [-0.4, -0.2) is 39.6 Å². The quantitative estimate of drug-likeness (QED) is 0.0280. The summed E-state index contributed by atoms with van der Waals surface area (Å²) >= 11 is 0. The van der Waals surface area contributed by atoms with Crippen LogP contribution in [0.5, 0.6) is 0 Å². The Balaban J connectivity index is 1.35. The minimum Gasteiger partial charge on any atom is -0.377 e. The summed E-state index contributed by atoms with van der Waals surface area (Å²) in [5.74, 6) is 41.0. The lowest BCUT2D eigenvalue weighted by molar-refractivity contribution is 0.116. The Kier molecular flexibility index (Phi) is 49.4. The molecule has 6 heteroatoms. The molecular formula is C104H134O6. The van der Waals surface area contributed by atoms with Crippen molar-refractivity contribution < 1.29 is 28.4 Å². The van der Waals surface area contributed by atoms with E-state index in [4.69, 9.17) is 41.3 Å². The van der Waals surface area contributed by atoms with Gasteiger partial charge in [0.05, 0.1) is 39.6 Å². The van der Waals surface area contributed by atoms with Gasteiger partial charge in [0.25, 0.3) is 0 Å². The summed E-state index contributed by atoms with van der Waals surface area (Å²) in [5.41, 5.74) is 16.2. The Bertz CT molecular complexity index is 3740. The first-order chi connectivity index (χ1) is 54.2. The van der Waals surface area contributed by atoms with Gasteiger partial charge in [-0.2, -0.15) is 0 Å². The number of hydrogen-bond donors (Lipinski definition) is 0. The molecule has 110 heavy (non-hydrogen) atoms. The zero-order valence-electron chi connectivity index (χ0n) is 68.9. The highest BCUT2D eigenvalue weighted by molar-refractivity contribution is 5.57. The van der Waals surface area contributed by atoms with E-state index in [2.05, 4.69) is 198 Å². The molecule has 0 amide bonds. The zero-order valence-corrected chi connectivity index (χ0v) is 68.9. The fraction of sp³-hybridized carbons (Fsp3) is 0.519. The number of unbranched alkanes of at least 4 members (excludes halogenated alkanes) is 30. The van der Waals surface area contributed by atoms with Gasteiger partial charge < -0.3 is 28.4 Å². The van der Waals surface area contributed by atoms with Crippen LogP contribution in [0.1, 0.15) is 373 Å². The van der Waals surface area contributed by atoms with Gasteiger partial charge in [-0.05, 0) is 181 Å². The second-order valence-electron chi connectivity index (χ2n) is 30.0. The summed E-state index contributed by atoms with van der Waals surface area (Å²) in [6, 6.07) is 37.7. The Morgan fingerprint density at radius 1 is 0.173 bits per heavy atom. The predicted octanol–water partition coefficient (Wildman–Crippen LogP) is 25.9. The van der Waals surface area contributed by atoms with E-state index in [0.29, 0.717) is 66.1 Å². The molecule has 0 aliphatic carbocycles. The Morgan fingerprint density at radius 3 is 0.445 bits per heavy atom. The van der Waals surface area contributed by atoms with Crippen molar-refractivity contribution in [1.82, 2.24) is 0 Å². The largest absolute Gasteiger partial charge is 0.377 e. The third-order valence-electron chi connectivity index (χ3n) is 19.5. The predicted molar refractivity (Wildman–Crippen MR) is 463 cm³/mol. The first kappa shape index (κ1) is 90.9. The van der Waals surface area contributed by atoms with Crippen LogP contribution in [0.25, 0.3) is 0 Å². The lowest BCUT2D eigenvalue weighted by atomic mass is 10.0. The van der Waals surface area contributed by atoms with E-state index >= 15 is 0 Å². The molecule has 0 aromatic heterocycles. The smallest absolute Gasteiger partial charge is 0.0717 e. The van der Waals surface area contributed by atoms with Crippen molar-refractivity contribution >= 4 is 0 Å². The molecule has 0 saturated heterocycles. The number of hydrogen-bond acceptors (Lipinski definition) is 6. The highest BCUT2D eigenvalue weighted by atomic mass is 16.5. The maximum Gasteiger partial charge on any atom is 0.0717 e. The third-order valence-corrected chi connectivity index (χ3v) is 19.5. The first-order valence-electron chi connectivity index (χ1n) is 43.0. The van der Waals surface area contributed by atoms with Gasteiger partial charge in [-0.25, -0.2) is 0 Å². The maximum absolute atomic E-state index is 6.41. The summed E-state index contributed by atoms with van der Waals surface area (Å²) in [6.07, 6.45) is 55.6. The molecular weight excluding hydrogens is 1350 g/mol. The van der Waals surface area contributed by atoms with E-state index < -0.39 is 0 Å². The van der Waals surface area contributed by atoms with E-state index in [-0.39, 0.29) is 0 Å². The Labute approximate surface area is 669 Å². The highest BCUT2D eigenvalue weighted by Crippen LogP contribution is 2.22. The highest BCUT2D eigenvalue weighted by Gasteiger charge is 2.09. The van der Waals surface area contributed by atoms with Gasteiger partial charge in [-0.15, -0.1) is 12.8 Å². The van der Waals surface area contributed by atoms with E-state index in [1.54, 1.807) is 0 Å². The fourth-order valence-corrected chi connectivity index (χ4v) is 13.3. The molecule has 0 aliphatic rings. The van der Waals surface area contributed by atoms with Crippen LogP contribution in [0.15, 0.2) is 109 Å². The second-order valence-corrected chi connectivity index (χ2v) is 30.0. The van der Waals surface area contributed by atoms with E-state index in [9.17, 15) is 0 Å². The molecule has 0 N–H and O–H groups in total. The van der Waals surface area contributed by atoms with Crippen LogP contribution in [-0.2, 0) is 68.1 Å². The van der Waals surface area contributed by atoms with Gasteiger partial charge >= 0.3 is 0 Å². The van der Waals surface area contributed by atoms with Crippen molar-refractivity contribution in [2.24, 2.45) is 0 Å². The van der Waals surface area contributed by atoms with Gasteiger partial charge in [-0.3, -0.25) is 0 Å². The topological polar surface area (TPSA) is 55.4 Å². The minimum absolute atomic E-state index is 0.456. The van der Waals surface area contributed by atoms with Crippen LogP contribution >= 0.6 is 0 Å². The van der Waals surface area contributed by atoms with Crippen molar-refractivity contribution in [1.29, 1.82) is 0 Å². The van der Waals surface area contributed by atoms with Crippen LogP contribution in [0.4, 0.5) is 0 Å². The standard InChI is InChI=1S/C104H134O6/c1-9-17-23-29-35-41-57-105-81-99-65-87(15-7)63-89(71-99)47-49-91-67-93(75-101(73-91)83-107-59-43-37-31-25-19-11-3)51-53-95-69-97(79-103(77-95)85-109-61-45-39-33-27-21-13-5)55-56-98-70-96(78-104(80-98)86-110-62-46-40-34-28-22-14-6)54-52-94-68-92(74-102(76-94)84-108-60-44-38-32-26-20-12-4)50-48-90-64-88(16-8)66-100(72-90)82-106-58-42-36-30-24-18-10-2/h7-8,63-80H,9-14,17-46,57-62,81-86H2,1-6H3. The molecule has 0 heterocycles. The van der Waals surface area contributed by atoms with Gasteiger partial charge in [0, 0.05) is 106 Å². The minimum atomic E-state index is 0.456. The summed E-state index contributed by atoms with van der Waals surface area (Å²) in [7, 11) is 0. The van der Waals surface area contributed by atoms with Gasteiger partial charge in [-0.1, -0.05) is 305 Å². The SMILES string of the molecule is C#Cc1cc(C#Cc2cc(C#Cc3cc(C#Cc4cc(C#Cc5cc(C#Cc6cc(C#C)cc(COCCCCCCCC)c6)cc(COCCCCCCCC)c5)cc(COCCCCCCCC)c4)cc(COCCCCCCCC)c3)cc(COCCCCCCCC)c2)cc(COCCCCCCCC)c1. The molecule has 6 aromatic rings. The molecule has 586 valence electrons.